The monoisotopic (exact) mass is 383 g/mol. The molecule has 0 radical (unpaired) electrons. The lowest BCUT2D eigenvalue weighted by atomic mass is 10.1. The molecule has 0 saturated carbocycles. The van der Waals surface area contributed by atoms with Gasteiger partial charge in [0.05, 0.1) is 20.3 Å². The summed E-state index contributed by atoms with van der Waals surface area (Å²) in [5, 5.41) is 5.79. The first kappa shape index (κ1) is 19.5. The lowest BCUT2D eigenvalue weighted by Gasteiger charge is -2.19. The molecule has 2 aromatic carbocycles. The summed E-state index contributed by atoms with van der Waals surface area (Å²) in [5.41, 5.74) is 3.48. The van der Waals surface area contributed by atoms with Gasteiger partial charge < -0.3 is 25.0 Å². The summed E-state index contributed by atoms with van der Waals surface area (Å²) < 4.78 is 10.5. The molecule has 1 atom stereocenters. The van der Waals surface area contributed by atoms with E-state index in [9.17, 15) is 9.59 Å². The Morgan fingerprint density at radius 3 is 2.39 bits per heavy atom. The number of aryl methyl sites for hydroxylation is 2. The van der Waals surface area contributed by atoms with Crippen LogP contribution in [0.25, 0.3) is 0 Å². The molecule has 1 aliphatic heterocycles. The van der Waals surface area contributed by atoms with Crippen LogP contribution in [0.15, 0.2) is 36.4 Å². The van der Waals surface area contributed by atoms with Crippen molar-refractivity contribution in [2.45, 2.75) is 26.3 Å². The molecule has 7 heteroatoms. The van der Waals surface area contributed by atoms with E-state index in [1.807, 2.05) is 32.0 Å². The summed E-state index contributed by atoms with van der Waals surface area (Å²) in [6.07, 6.45) is 0.245. The Bertz CT molecular complexity index is 877. The van der Waals surface area contributed by atoms with Crippen LogP contribution in [-0.4, -0.2) is 38.7 Å². The van der Waals surface area contributed by atoms with Crippen molar-refractivity contribution in [3.8, 4) is 11.5 Å². The van der Waals surface area contributed by atoms with Gasteiger partial charge in [-0.1, -0.05) is 18.2 Å². The van der Waals surface area contributed by atoms with Gasteiger partial charge in [0.2, 0.25) is 5.91 Å². The number of methoxy groups -OCH3 is 2. The van der Waals surface area contributed by atoms with Crippen molar-refractivity contribution in [2.75, 3.05) is 31.0 Å². The lowest BCUT2D eigenvalue weighted by molar-refractivity contribution is -0.117. The molecule has 0 unspecified atom stereocenters. The molecule has 0 spiro atoms. The molecule has 1 saturated heterocycles. The fourth-order valence-corrected chi connectivity index (χ4v) is 3.39. The van der Waals surface area contributed by atoms with Gasteiger partial charge in [0.25, 0.3) is 0 Å². The Morgan fingerprint density at radius 2 is 1.75 bits per heavy atom. The average molecular weight is 383 g/mol. The van der Waals surface area contributed by atoms with Crippen molar-refractivity contribution in [3.63, 3.8) is 0 Å². The lowest BCUT2D eigenvalue weighted by Crippen LogP contribution is -2.40. The van der Waals surface area contributed by atoms with Crippen LogP contribution >= 0.6 is 0 Å². The quantitative estimate of drug-likeness (QED) is 0.831. The average Bonchev–Trinajstić information content (AvgIpc) is 3.04. The summed E-state index contributed by atoms with van der Waals surface area (Å²) in [4.78, 5) is 26.5. The van der Waals surface area contributed by atoms with Crippen molar-refractivity contribution in [1.82, 2.24) is 5.32 Å². The Kier molecular flexibility index (Phi) is 5.73. The van der Waals surface area contributed by atoms with Gasteiger partial charge in [-0.15, -0.1) is 0 Å². The number of anilines is 2. The normalized spacial score (nSPS) is 16.1. The standard InChI is InChI=1S/C21H25N3O4/c1-13-6-5-7-14(2)20(13)23-21(26)22-15-10-19(25)24(12-15)16-8-9-17(27-3)18(11-16)28-4/h5-9,11,15H,10,12H2,1-4H3,(H2,22,23,26)/t15-/m0/s1. The smallest absolute Gasteiger partial charge is 0.319 e. The largest absolute Gasteiger partial charge is 0.493 e. The van der Waals surface area contributed by atoms with Gasteiger partial charge >= 0.3 is 6.03 Å². The van der Waals surface area contributed by atoms with E-state index in [0.717, 1.165) is 16.8 Å². The van der Waals surface area contributed by atoms with E-state index >= 15 is 0 Å². The number of amides is 3. The second-order valence-corrected chi connectivity index (χ2v) is 6.81. The van der Waals surface area contributed by atoms with E-state index in [0.29, 0.717) is 23.7 Å². The van der Waals surface area contributed by atoms with Crippen LogP contribution in [0.4, 0.5) is 16.2 Å². The number of nitrogens with zero attached hydrogens (tertiary/aromatic N) is 1. The molecule has 3 rings (SSSR count). The minimum absolute atomic E-state index is 0.0513. The Labute approximate surface area is 164 Å². The molecule has 1 fully saturated rings. The highest BCUT2D eigenvalue weighted by molar-refractivity contribution is 5.98. The van der Waals surface area contributed by atoms with Crippen molar-refractivity contribution in [1.29, 1.82) is 0 Å². The molecule has 0 bridgehead atoms. The molecule has 0 aromatic heterocycles. The second kappa shape index (κ2) is 8.21. The summed E-state index contributed by atoms with van der Waals surface area (Å²) in [5.74, 6) is 1.10. The van der Waals surface area contributed by atoms with Crippen LogP contribution in [-0.2, 0) is 4.79 Å². The fraction of sp³-hybridized carbons (Fsp3) is 0.333. The molecule has 3 amide bonds. The topological polar surface area (TPSA) is 79.9 Å². The van der Waals surface area contributed by atoms with Crippen molar-refractivity contribution < 1.29 is 19.1 Å². The number of rotatable bonds is 5. The molecule has 1 aliphatic rings. The Morgan fingerprint density at radius 1 is 1.07 bits per heavy atom. The van der Waals surface area contributed by atoms with E-state index in [1.54, 1.807) is 37.3 Å². The third-order valence-corrected chi connectivity index (χ3v) is 4.86. The SMILES string of the molecule is COc1ccc(N2C[C@@H](NC(=O)Nc3c(C)cccc3C)CC2=O)cc1OC. The first-order valence-corrected chi connectivity index (χ1v) is 9.09. The van der Waals surface area contributed by atoms with E-state index < -0.39 is 0 Å². The van der Waals surface area contributed by atoms with Crippen molar-refractivity contribution in [3.05, 3.63) is 47.5 Å². The number of benzene rings is 2. The van der Waals surface area contributed by atoms with Crippen LogP contribution in [0.3, 0.4) is 0 Å². The van der Waals surface area contributed by atoms with Gasteiger partial charge in [0.15, 0.2) is 11.5 Å². The highest BCUT2D eigenvalue weighted by Gasteiger charge is 2.32. The zero-order chi connectivity index (χ0) is 20.3. The number of para-hydroxylation sites is 1. The minimum atomic E-state index is -0.315. The Balaban J connectivity index is 1.67. The van der Waals surface area contributed by atoms with Crippen LogP contribution in [0.5, 0.6) is 11.5 Å². The second-order valence-electron chi connectivity index (χ2n) is 6.81. The van der Waals surface area contributed by atoms with E-state index in [4.69, 9.17) is 9.47 Å². The highest BCUT2D eigenvalue weighted by atomic mass is 16.5. The minimum Gasteiger partial charge on any atom is -0.493 e. The third kappa shape index (κ3) is 4.03. The molecule has 148 valence electrons. The summed E-state index contributed by atoms with van der Waals surface area (Å²) in [7, 11) is 3.11. The molecule has 2 aromatic rings. The van der Waals surface area contributed by atoms with Crippen molar-refractivity contribution >= 4 is 23.3 Å². The zero-order valence-electron chi connectivity index (χ0n) is 16.5. The van der Waals surface area contributed by atoms with Crippen LogP contribution < -0.4 is 25.0 Å². The van der Waals surface area contributed by atoms with Gasteiger partial charge in [-0.3, -0.25) is 4.79 Å². The van der Waals surface area contributed by atoms with Crippen LogP contribution in [0, 0.1) is 13.8 Å². The number of hydrogen-bond donors (Lipinski definition) is 2. The van der Waals surface area contributed by atoms with Gasteiger partial charge in [0, 0.05) is 30.4 Å². The van der Waals surface area contributed by atoms with Gasteiger partial charge in [-0.2, -0.15) is 0 Å². The maximum absolute atomic E-state index is 12.5. The maximum Gasteiger partial charge on any atom is 0.319 e. The summed E-state index contributed by atoms with van der Waals surface area (Å²) >= 11 is 0. The van der Waals surface area contributed by atoms with Crippen molar-refractivity contribution in [2.24, 2.45) is 0 Å². The molecule has 1 heterocycles. The number of urea groups is 1. The van der Waals surface area contributed by atoms with E-state index in [2.05, 4.69) is 10.6 Å². The molecular weight excluding hydrogens is 358 g/mol. The molecular formula is C21H25N3O4. The zero-order valence-corrected chi connectivity index (χ0v) is 16.5. The molecule has 7 nitrogen and oxygen atoms in total. The number of carbonyl (C=O) groups is 2. The van der Waals surface area contributed by atoms with Crippen LogP contribution in [0.2, 0.25) is 0 Å². The Hall–Kier alpha value is -3.22. The predicted octanol–water partition coefficient (Wildman–Crippen LogP) is 3.25. The van der Waals surface area contributed by atoms with Gasteiger partial charge in [-0.05, 0) is 37.1 Å². The molecule has 2 N–H and O–H groups in total. The third-order valence-electron chi connectivity index (χ3n) is 4.86. The number of hydrogen-bond acceptors (Lipinski definition) is 4. The first-order chi connectivity index (χ1) is 13.4. The predicted molar refractivity (Wildman–Crippen MR) is 108 cm³/mol. The van der Waals surface area contributed by atoms with E-state index in [1.165, 1.54) is 0 Å². The van der Waals surface area contributed by atoms with E-state index in [-0.39, 0.29) is 24.4 Å². The summed E-state index contributed by atoms with van der Waals surface area (Å²) in [6, 6.07) is 10.6. The fourth-order valence-electron chi connectivity index (χ4n) is 3.39. The summed E-state index contributed by atoms with van der Waals surface area (Å²) in [6.45, 7) is 4.29. The first-order valence-electron chi connectivity index (χ1n) is 9.09. The van der Waals surface area contributed by atoms with Gasteiger partial charge in [-0.25, -0.2) is 4.79 Å². The highest BCUT2D eigenvalue weighted by Crippen LogP contribution is 2.33. The number of carbonyl (C=O) groups excluding carboxylic acids is 2. The molecule has 0 aliphatic carbocycles. The van der Waals surface area contributed by atoms with Crippen LogP contribution in [0.1, 0.15) is 17.5 Å². The maximum atomic E-state index is 12.5. The molecule has 28 heavy (non-hydrogen) atoms. The van der Waals surface area contributed by atoms with Gasteiger partial charge in [0.1, 0.15) is 0 Å². The number of ether oxygens (including phenoxy) is 2. The number of nitrogens with one attached hydrogen (secondary N) is 2.